The van der Waals surface area contributed by atoms with Crippen molar-refractivity contribution >= 4 is 13.9 Å². The highest BCUT2D eigenvalue weighted by Crippen LogP contribution is 2.07. The Morgan fingerprint density at radius 2 is 2.43 bits per heavy atom. The third-order valence-corrected chi connectivity index (χ3v) is 1.48. The molecule has 0 atom stereocenters. The molecule has 0 saturated carbocycles. The van der Waals surface area contributed by atoms with E-state index in [4.69, 9.17) is 5.73 Å². The topological polar surface area (TPSA) is 26.0 Å². The van der Waals surface area contributed by atoms with Crippen LogP contribution in [0.2, 0.25) is 0 Å². The van der Waals surface area contributed by atoms with E-state index >= 15 is 0 Å². The van der Waals surface area contributed by atoms with Crippen molar-refractivity contribution in [1.82, 2.24) is 0 Å². The minimum atomic E-state index is 0.865. The maximum absolute atomic E-state index is 5.38. The van der Waals surface area contributed by atoms with Gasteiger partial charge < -0.3 is 5.73 Å². The number of hydrogen-bond donors (Lipinski definition) is 1. The normalized spacial score (nSPS) is 9.71. The van der Waals surface area contributed by atoms with Crippen molar-refractivity contribution in [2.45, 2.75) is 0 Å². The Balaban J connectivity index is 3.02. The molecular weight excluding hydrogens is 105 g/mol. The summed E-state index contributed by atoms with van der Waals surface area (Å²) >= 11 is 0. The van der Waals surface area contributed by atoms with E-state index in [0.717, 1.165) is 5.69 Å². The SMILES string of the molecule is Nc1cccpc1. The number of rotatable bonds is 0. The van der Waals surface area contributed by atoms with Crippen LogP contribution in [0.3, 0.4) is 0 Å². The molecule has 1 aromatic rings. The third-order valence-electron chi connectivity index (χ3n) is 0.684. The zero-order valence-electron chi connectivity index (χ0n) is 3.83. The summed E-state index contributed by atoms with van der Waals surface area (Å²) in [5, 5.41) is 0. The molecule has 1 nitrogen and oxygen atoms in total. The zero-order chi connectivity index (χ0) is 5.11. The van der Waals surface area contributed by atoms with Gasteiger partial charge in [0.15, 0.2) is 0 Å². The average molecular weight is 111 g/mol. The van der Waals surface area contributed by atoms with Crippen LogP contribution < -0.4 is 5.73 Å². The van der Waals surface area contributed by atoms with Crippen LogP contribution in [0.1, 0.15) is 0 Å². The van der Waals surface area contributed by atoms with Gasteiger partial charge in [-0.1, -0.05) is 14.3 Å². The lowest BCUT2D eigenvalue weighted by molar-refractivity contribution is 1.81. The van der Waals surface area contributed by atoms with Crippen LogP contribution in [0, 0.1) is 0 Å². The summed E-state index contributed by atoms with van der Waals surface area (Å²) in [7, 11) is 1.19. The monoisotopic (exact) mass is 111 g/mol. The number of anilines is 1. The van der Waals surface area contributed by atoms with Gasteiger partial charge in [-0.2, -0.15) is 0 Å². The van der Waals surface area contributed by atoms with Gasteiger partial charge in [0, 0.05) is 5.69 Å². The van der Waals surface area contributed by atoms with Crippen molar-refractivity contribution in [2.75, 3.05) is 5.73 Å². The van der Waals surface area contributed by atoms with E-state index in [1.165, 1.54) is 8.19 Å². The van der Waals surface area contributed by atoms with Crippen LogP contribution >= 0.6 is 8.19 Å². The second kappa shape index (κ2) is 1.94. The molecule has 2 N–H and O–H groups in total. The number of nitrogen functional groups attached to an aromatic ring is 1. The van der Waals surface area contributed by atoms with Crippen molar-refractivity contribution in [1.29, 1.82) is 0 Å². The van der Waals surface area contributed by atoms with Gasteiger partial charge in [0.05, 0.1) is 0 Å². The molecule has 0 aliphatic carbocycles. The van der Waals surface area contributed by atoms with E-state index in [2.05, 4.69) is 0 Å². The van der Waals surface area contributed by atoms with Gasteiger partial charge in [-0.15, -0.1) is 0 Å². The first-order chi connectivity index (χ1) is 3.39. The summed E-state index contributed by atoms with van der Waals surface area (Å²) in [4.78, 5) is 0. The number of hydrogen-bond acceptors (Lipinski definition) is 1. The molecule has 1 aromatic heterocycles. The fourth-order valence-electron chi connectivity index (χ4n) is 0.376. The minimum Gasteiger partial charge on any atom is -0.398 e. The lowest BCUT2D eigenvalue weighted by Gasteiger charge is -1.83. The summed E-state index contributed by atoms with van der Waals surface area (Å²) in [5.41, 5.74) is 6.25. The van der Waals surface area contributed by atoms with Crippen molar-refractivity contribution in [2.24, 2.45) is 0 Å². The second-order valence-electron chi connectivity index (χ2n) is 1.29. The van der Waals surface area contributed by atoms with Crippen LogP contribution in [0.15, 0.2) is 23.7 Å². The molecule has 0 amide bonds. The van der Waals surface area contributed by atoms with Gasteiger partial charge in [0.1, 0.15) is 0 Å². The first-order valence-corrected chi connectivity index (χ1v) is 3.08. The fraction of sp³-hybridized carbons (Fsp3) is 0. The summed E-state index contributed by atoms with van der Waals surface area (Å²) in [6.45, 7) is 0. The summed E-state index contributed by atoms with van der Waals surface area (Å²) in [5.74, 6) is 4.00. The highest BCUT2D eigenvalue weighted by atomic mass is 31.0. The van der Waals surface area contributed by atoms with Gasteiger partial charge in [-0.3, -0.25) is 0 Å². The van der Waals surface area contributed by atoms with Crippen LogP contribution in [0.5, 0.6) is 0 Å². The van der Waals surface area contributed by atoms with Crippen LogP contribution in [-0.2, 0) is 0 Å². The Kier molecular flexibility index (Phi) is 1.28. The van der Waals surface area contributed by atoms with E-state index in [1.54, 1.807) is 0 Å². The van der Waals surface area contributed by atoms with Crippen molar-refractivity contribution in [3.8, 4) is 0 Å². The molecule has 2 heteroatoms. The molecule has 0 spiro atoms. The Morgan fingerprint density at radius 1 is 1.57 bits per heavy atom. The minimum absolute atomic E-state index is 0.865. The standard InChI is InChI=1S/C5H6NP/c6-5-2-1-3-7-4-5/h1-4H,6H2. The van der Waals surface area contributed by atoms with E-state index < -0.39 is 0 Å². The molecule has 0 bridgehead atoms. The molecule has 0 unspecified atom stereocenters. The Hall–Kier alpha value is -0.550. The average Bonchev–Trinajstić information content (AvgIpc) is 1.69. The van der Waals surface area contributed by atoms with E-state index in [-0.39, 0.29) is 0 Å². The molecule has 7 heavy (non-hydrogen) atoms. The van der Waals surface area contributed by atoms with Gasteiger partial charge >= 0.3 is 0 Å². The van der Waals surface area contributed by atoms with Gasteiger partial charge in [-0.05, 0) is 17.7 Å². The summed E-state index contributed by atoms with van der Waals surface area (Å²) < 4.78 is 0. The molecule has 0 fully saturated rings. The molecule has 0 aliphatic heterocycles. The van der Waals surface area contributed by atoms with Gasteiger partial charge in [0.2, 0.25) is 0 Å². The Labute approximate surface area is 44.3 Å². The van der Waals surface area contributed by atoms with E-state index in [0.29, 0.717) is 0 Å². The molecule has 36 valence electrons. The maximum Gasteiger partial charge on any atom is 0.0360 e. The lowest BCUT2D eigenvalue weighted by Crippen LogP contribution is -1.77. The lowest BCUT2D eigenvalue weighted by atomic mass is 10.5. The zero-order valence-corrected chi connectivity index (χ0v) is 4.73. The molecule has 0 saturated heterocycles. The van der Waals surface area contributed by atoms with E-state index in [1.807, 2.05) is 23.7 Å². The Bertz CT molecular complexity index is 138. The first-order valence-electron chi connectivity index (χ1n) is 2.05. The summed E-state index contributed by atoms with van der Waals surface area (Å²) in [6.07, 6.45) is 0. The summed E-state index contributed by atoms with van der Waals surface area (Å²) in [6, 6.07) is 3.84. The Morgan fingerprint density at radius 3 is 2.71 bits per heavy atom. The molecule has 1 heterocycles. The van der Waals surface area contributed by atoms with E-state index in [9.17, 15) is 0 Å². The highest BCUT2D eigenvalue weighted by Gasteiger charge is 1.73. The molecule has 0 aliphatic rings. The highest BCUT2D eigenvalue weighted by molar-refractivity contribution is 7.28. The van der Waals surface area contributed by atoms with Gasteiger partial charge in [-0.25, -0.2) is 0 Å². The van der Waals surface area contributed by atoms with Crippen molar-refractivity contribution in [3.05, 3.63) is 23.7 Å². The molecular formula is C5H6NP. The fourth-order valence-corrected chi connectivity index (χ4v) is 0.906. The van der Waals surface area contributed by atoms with Gasteiger partial charge in [0.25, 0.3) is 0 Å². The number of nitrogens with two attached hydrogens (primary N) is 1. The van der Waals surface area contributed by atoms with Crippen LogP contribution in [0.25, 0.3) is 0 Å². The predicted octanol–water partition coefficient (Wildman–Crippen LogP) is 1.85. The largest absolute Gasteiger partial charge is 0.398 e. The quantitative estimate of drug-likeness (QED) is 0.543. The molecule has 1 rings (SSSR count). The molecule has 0 aromatic carbocycles. The smallest absolute Gasteiger partial charge is 0.0360 e. The van der Waals surface area contributed by atoms with Crippen molar-refractivity contribution in [3.63, 3.8) is 0 Å². The second-order valence-corrected chi connectivity index (χ2v) is 2.14. The van der Waals surface area contributed by atoms with Crippen LogP contribution in [0.4, 0.5) is 5.69 Å². The van der Waals surface area contributed by atoms with Crippen molar-refractivity contribution < 1.29 is 0 Å². The first kappa shape index (κ1) is 4.61. The maximum atomic E-state index is 5.38. The predicted molar refractivity (Wildman–Crippen MR) is 33.4 cm³/mol. The third kappa shape index (κ3) is 1.17. The van der Waals surface area contributed by atoms with Crippen LogP contribution in [-0.4, -0.2) is 0 Å². The molecule has 0 radical (unpaired) electrons.